The van der Waals surface area contributed by atoms with Crippen LogP contribution in [-0.2, 0) is 11.8 Å². The Morgan fingerprint density at radius 1 is 1.57 bits per heavy atom. The van der Waals surface area contributed by atoms with Gasteiger partial charge < -0.3 is 5.32 Å². The third kappa shape index (κ3) is 6.61. The van der Waals surface area contributed by atoms with Gasteiger partial charge in [-0.1, -0.05) is 11.8 Å². The third-order valence-electron chi connectivity index (χ3n) is 0.539. The van der Waals surface area contributed by atoms with Gasteiger partial charge in [-0.25, -0.2) is 0 Å². The van der Waals surface area contributed by atoms with Crippen LogP contribution in [-0.4, -0.2) is 26.7 Å². The van der Waals surface area contributed by atoms with E-state index in [0.29, 0.717) is 0 Å². The zero-order valence-electron chi connectivity index (χ0n) is 5.06. The van der Waals surface area contributed by atoms with Gasteiger partial charge in [-0.3, -0.25) is 0 Å². The van der Waals surface area contributed by atoms with E-state index in [4.69, 9.17) is 11.8 Å². The van der Waals surface area contributed by atoms with Gasteiger partial charge in [0.15, 0.2) is 0 Å². The van der Waals surface area contributed by atoms with Gasteiger partial charge in [-0.2, -0.15) is 0 Å². The van der Waals surface area contributed by atoms with Crippen molar-refractivity contribution in [2.24, 2.45) is 0 Å². The molecule has 0 atom stereocenters. The Kier molecular flexibility index (Phi) is 3.05. The Labute approximate surface area is 50.5 Å². The molecular formula is C4H12NPS. The van der Waals surface area contributed by atoms with Gasteiger partial charge >= 0.3 is 0 Å². The lowest BCUT2D eigenvalue weighted by Gasteiger charge is -2.06. The normalized spacial score (nSPS) is 11.9. The quantitative estimate of drug-likeness (QED) is 0.567. The molecule has 0 unspecified atom stereocenters. The van der Waals surface area contributed by atoms with Crippen LogP contribution < -0.4 is 5.32 Å². The fourth-order valence-electron chi connectivity index (χ4n) is 0.381. The standard InChI is InChI=1S/C4H12NPS/c1-5-4-6(2,3)7/h5H,4H2,1-3H3. The summed E-state index contributed by atoms with van der Waals surface area (Å²) in [5.41, 5.74) is 0. The highest BCUT2D eigenvalue weighted by atomic mass is 32.4. The summed E-state index contributed by atoms with van der Waals surface area (Å²) in [7, 11) is 1.94. The molecule has 0 aromatic carbocycles. The van der Waals surface area contributed by atoms with E-state index in [1.54, 1.807) is 0 Å². The van der Waals surface area contributed by atoms with Gasteiger partial charge in [0.25, 0.3) is 0 Å². The van der Waals surface area contributed by atoms with Gasteiger partial charge in [-0.05, 0) is 26.4 Å². The van der Waals surface area contributed by atoms with Crippen LogP contribution in [0, 0.1) is 0 Å². The lowest BCUT2D eigenvalue weighted by molar-refractivity contribution is 0.974. The maximum atomic E-state index is 5.13. The molecule has 7 heavy (non-hydrogen) atoms. The predicted molar refractivity (Wildman–Crippen MR) is 40.1 cm³/mol. The molecule has 1 N–H and O–H groups in total. The lowest BCUT2D eigenvalue weighted by Crippen LogP contribution is -2.06. The summed E-state index contributed by atoms with van der Waals surface area (Å²) in [6.07, 6.45) is 1.02. The zero-order valence-corrected chi connectivity index (χ0v) is 6.77. The molecular weight excluding hydrogens is 125 g/mol. The van der Waals surface area contributed by atoms with Crippen LogP contribution in [0.5, 0.6) is 0 Å². The largest absolute Gasteiger partial charge is 0.315 e. The van der Waals surface area contributed by atoms with Crippen molar-refractivity contribution in [1.29, 1.82) is 0 Å². The second kappa shape index (κ2) is 2.81. The van der Waals surface area contributed by atoms with Crippen molar-refractivity contribution in [2.45, 2.75) is 0 Å². The van der Waals surface area contributed by atoms with E-state index in [1.165, 1.54) is 0 Å². The SMILES string of the molecule is CNCP(C)(C)=S. The fourth-order valence-corrected chi connectivity index (χ4v) is 1.53. The number of hydrogen-bond acceptors (Lipinski definition) is 2. The van der Waals surface area contributed by atoms with Crippen molar-refractivity contribution in [3.8, 4) is 0 Å². The Morgan fingerprint density at radius 2 is 2.00 bits per heavy atom. The molecule has 0 rings (SSSR count). The van der Waals surface area contributed by atoms with E-state index in [1.807, 2.05) is 7.05 Å². The lowest BCUT2D eigenvalue weighted by atomic mass is 11.3. The molecule has 0 aromatic heterocycles. The molecule has 0 fully saturated rings. The molecule has 0 saturated carbocycles. The minimum absolute atomic E-state index is 0.943. The predicted octanol–water partition coefficient (Wildman–Crippen LogP) is 0.902. The van der Waals surface area contributed by atoms with E-state index in [9.17, 15) is 0 Å². The van der Waals surface area contributed by atoms with Crippen LogP contribution in [0.1, 0.15) is 0 Å². The molecule has 44 valence electrons. The van der Waals surface area contributed by atoms with Crippen LogP contribution in [0.15, 0.2) is 0 Å². The van der Waals surface area contributed by atoms with Gasteiger partial charge in [0.1, 0.15) is 0 Å². The second-order valence-electron chi connectivity index (χ2n) is 2.09. The van der Waals surface area contributed by atoms with E-state index < -0.39 is 6.04 Å². The summed E-state index contributed by atoms with van der Waals surface area (Å²) in [6.45, 7) is 4.28. The molecule has 0 saturated heterocycles. The first-order chi connectivity index (χ1) is 3.06. The van der Waals surface area contributed by atoms with Crippen molar-refractivity contribution in [3.63, 3.8) is 0 Å². The Balaban J connectivity index is 3.36. The Hall–Kier alpha value is 0.610. The van der Waals surface area contributed by atoms with E-state index >= 15 is 0 Å². The molecule has 1 nitrogen and oxygen atoms in total. The van der Waals surface area contributed by atoms with Gasteiger partial charge in [-0.15, -0.1) is 0 Å². The number of nitrogens with one attached hydrogen (secondary N) is 1. The molecule has 0 aromatic rings. The molecule has 0 bridgehead atoms. The van der Waals surface area contributed by atoms with Crippen molar-refractivity contribution >= 4 is 17.8 Å². The van der Waals surface area contributed by atoms with Crippen LogP contribution in [0.25, 0.3) is 0 Å². The van der Waals surface area contributed by atoms with Crippen molar-refractivity contribution < 1.29 is 0 Å². The minimum atomic E-state index is -0.943. The average molecular weight is 137 g/mol. The van der Waals surface area contributed by atoms with Crippen LogP contribution in [0.2, 0.25) is 0 Å². The highest BCUT2D eigenvalue weighted by molar-refractivity contribution is 8.13. The molecule has 0 amide bonds. The first-order valence-corrected chi connectivity index (χ1v) is 6.13. The van der Waals surface area contributed by atoms with Crippen LogP contribution in [0.4, 0.5) is 0 Å². The zero-order chi connectivity index (χ0) is 5.91. The van der Waals surface area contributed by atoms with Gasteiger partial charge in [0.2, 0.25) is 0 Å². The molecule has 0 spiro atoms. The van der Waals surface area contributed by atoms with E-state index in [0.717, 1.165) is 6.29 Å². The number of hydrogen-bond donors (Lipinski definition) is 1. The Bertz CT molecular complexity index is 85.7. The van der Waals surface area contributed by atoms with Gasteiger partial charge in [0, 0.05) is 6.29 Å². The highest BCUT2D eigenvalue weighted by Crippen LogP contribution is 2.33. The smallest absolute Gasteiger partial charge is 0.0239 e. The minimum Gasteiger partial charge on any atom is -0.315 e. The van der Waals surface area contributed by atoms with Gasteiger partial charge in [0.05, 0.1) is 0 Å². The summed E-state index contributed by atoms with van der Waals surface area (Å²) in [5.74, 6) is 0. The average Bonchev–Trinajstić information content (AvgIpc) is 1.30. The first-order valence-electron chi connectivity index (χ1n) is 2.25. The highest BCUT2D eigenvalue weighted by Gasteiger charge is 1.95. The topological polar surface area (TPSA) is 12.0 Å². The summed E-state index contributed by atoms with van der Waals surface area (Å²) in [6, 6.07) is -0.943. The van der Waals surface area contributed by atoms with Crippen LogP contribution in [0.3, 0.4) is 0 Å². The Morgan fingerprint density at radius 3 is 2.00 bits per heavy atom. The van der Waals surface area contributed by atoms with Crippen LogP contribution >= 0.6 is 6.04 Å². The first kappa shape index (κ1) is 7.61. The van der Waals surface area contributed by atoms with Crippen molar-refractivity contribution in [3.05, 3.63) is 0 Å². The summed E-state index contributed by atoms with van der Waals surface area (Å²) in [5, 5.41) is 3.05. The number of rotatable bonds is 2. The molecule has 0 heterocycles. The maximum Gasteiger partial charge on any atom is 0.0239 e. The molecule has 0 radical (unpaired) electrons. The maximum absolute atomic E-state index is 5.13. The molecule has 0 aliphatic rings. The van der Waals surface area contributed by atoms with Crippen molar-refractivity contribution in [1.82, 2.24) is 5.32 Å². The van der Waals surface area contributed by atoms with Crippen molar-refractivity contribution in [2.75, 3.05) is 26.7 Å². The van der Waals surface area contributed by atoms with E-state index in [-0.39, 0.29) is 0 Å². The second-order valence-corrected chi connectivity index (χ2v) is 8.52. The summed E-state index contributed by atoms with van der Waals surface area (Å²) >= 11 is 5.13. The van der Waals surface area contributed by atoms with E-state index in [2.05, 4.69) is 18.6 Å². The fraction of sp³-hybridized carbons (Fsp3) is 1.00. The third-order valence-corrected chi connectivity index (χ3v) is 2.00. The molecule has 0 aliphatic carbocycles. The monoisotopic (exact) mass is 137 g/mol. The summed E-state index contributed by atoms with van der Waals surface area (Å²) in [4.78, 5) is 0. The molecule has 3 heteroatoms. The molecule has 0 aliphatic heterocycles. The summed E-state index contributed by atoms with van der Waals surface area (Å²) < 4.78 is 0.